The number of carbonyl (C=O) groups excluding carboxylic acids is 2. The van der Waals surface area contributed by atoms with Gasteiger partial charge in [0, 0.05) is 36.9 Å². The van der Waals surface area contributed by atoms with Gasteiger partial charge in [-0.2, -0.15) is 5.10 Å². The molecule has 1 saturated heterocycles. The molecule has 3 aromatic rings. The zero-order valence-electron chi connectivity index (χ0n) is 18.3. The van der Waals surface area contributed by atoms with Crippen molar-refractivity contribution >= 4 is 35.1 Å². The molecule has 0 aliphatic carbocycles. The Morgan fingerprint density at radius 3 is 2.61 bits per heavy atom. The van der Waals surface area contributed by atoms with Gasteiger partial charge in [0.2, 0.25) is 0 Å². The van der Waals surface area contributed by atoms with E-state index in [-0.39, 0.29) is 18.0 Å². The zero-order valence-corrected chi connectivity index (χ0v) is 19.1. The van der Waals surface area contributed by atoms with Crippen LogP contribution < -0.4 is 9.80 Å². The molecule has 2 amide bonds. The maximum Gasteiger partial charge on any atom is 0.409 e. The van der Waals surface area contributed by atoms with Crippen molar-refractivity contribution in [1.82, 2.24) is 19.7 Å². The number of ether oxygens (including phenoxy) is 1. The fourth-order valence-electron chi connectivity index (χ4n) is 4.29. The molecule has 0 radical (unpaired) electrons. The van der Waals surface area contributed by atoms with Gasteiger partial charge in [-0.15, -0.1) is 0 Å². The smallest absolute Gasteiger partial charge is 0.409 e. The molecule has 1 fully saturated rings. The quantitative estimate of drug-likeness (QED) is 0.586. The van der Waals surface area contributed by atoms with Gasteiger partial charge in [-0.05, 0) is 42.8 Å². The van der Waals surface area contributed by atoms with Crippen molar-refractivity contribution in [3.63, 3.8) is 0 Å². The summed E-state index contributed by atoms with van der Waals surface area (Å²) in [6.45, 7) is 1.93. The Kier molecular flexibility index (Phi) is 5.41. The standard InChI is InChI=1S/C23H23ClN6O3/c1-27(23(32)33-2)19-9-10-28(14-19)20-8-7-18(11-25-20)29-12-15-13-30(26-21(15)22(29)31)17-5-3-16(24)4-6-17/h3-8,11,13,19H,9-10,12,14H2,1-2H3. The number of hydrogen-bond donors (Lipinski definition) is 0. The summed E-state index contributed by atoms with van der Waals surface area (Å²) >= 11 is 5.96. The average molecular weight is 467 g/mol. The van der Waals surface area contributed by atoms with Crippen molar-refractivity contribution in [3.8, 4) is 5.69 Å². The molecule has 0 bridgehead atoms. The highest BCUT2D eigenvalue weighted by Crippen LogP contribution is 2.30. The van der Waals surface area contributed by atoms with Gasteiger partial charge in [-0.3, -0.25) is 4.79 Å². The first-order chi connectivity index (χ1) is 15.9. The van der Waals surface area contributed by atoms with E-state index >= 15 is 0 Å². The number of benzene rings is 1. The number of amides is 2. The fraction of sp³-hybridized carbons (Fsp3) is 0.304. The summed E-state index contributed by atoms with van der Waals surface area (Å²) in [5.74, 6) is 0.671. The van der Waals surface area contributed by atoms with Crippen LogP contribution in [0.2, 0.25) is 5.02 Å². The molecule has 9 nitrogen and oxygen atoms in total. The molecule has 170 valence electrons. The summed E-state index contributed by atoms with van der Waals surface area (Å²) in [7, 11) is 3.13. The number of rotatable bonds is 4. The summed E-state index contributed by atoms with van der Waals surface area (Å²) in [5.41, 5.74) is 2.89. The third-order valence-corrected chi connectivity index (χ3v) is 6.45. The Hall–Kier alpha value is -3.59. The first-order valence-electron chi connectivity index (χ1n) is 10.6. The minimum absolute atomic E-state index is 0.0759. The number of likely N-dealkylation sites (N-methyl/N-ethyl adjacent to an activating group) is 1. The van der Waals surface area contributed by atoms with E-state index in [0.717, 1.165) is 35.7 Å². The second kappa shape index (κ2) is 8.40. The Morgan fingerprint density at radius 2 is 1.94 bits per heavy atom. The summed E-state index contributed by atoms with van der Waals surface area (Å²) in [6.07, 6.45) is 4.09. The lowest BCUT2D eigenvalue weighted by Crippen LogP contribution is -2.39. The largest absolute Gasteiger partial charge is 0.453 e. The maximum atomic E-state index is 13.0. The van der Waals surface area contributed by atoms with Gasteiger partial charge < -0.3 is 19.4 Å². The minimum Gasteiger partial charge on any atom is -0.453 e. The highest BCUT2D eigenvalue weighted by molar-refractivity contribution is 6.30. The van der Waals surface area contributed by atoms with Crippen molar-refractivity contribution < 1.29 is 14.3 Å². The molecule has 1 atom stereocenters. The van der Waals surface area contributed by atoms with Crippen LogP contribution in [-0.2, 0) is 11.3 Å². The third kappa shape index (κ3) is 3.89. The molecule has 0 saturated carbocycles. The molecule has 5 rings (SSSR count). The number of methoxy groups -OCH3 is 1. The average Bonchev–Trinajstić information content (AvgIpc) is 3.55. The van der Waals surface area contributed by atoms with Crippen LogP contribution in [0.1, 0.15) is 22.5 Å². The number of halogens is 1. The molecule has 2 aromatic heterocycles. The molecule has 4 heterocycles. The highest BCUT2D eigenvalue weighted by atomic mass is 35.5. The Labute approximate surface area is 196 Å². The third-order valence-electron chi connectivity index (χ3n) is 6.20. The van der Waals surface area contributed by atoms with E-state index in [0.29, 0.717) is 23.8 Å². The molecule has 1 aromatic carbocycles. The molecule has 0 spiro atoms. The summed E-state index contributed by atoms with van der Waals surface area (Å²) in [4.78, 5) is 34.8. The minimum atomic E-state index is -0.338. The summed E-state index contributed by atoms with van der Waals surface area (Å²) in [6, 6.07) is 11.2. The molecule has 0 N–H and O–H groups in total. The van der Waals surface area contributed by atoms with Crippen molar-refractivity contribution in [1.29, 1.82) is 0 Å². The van der Waals surface area contributed by atoms with Crippen LogP contribution in [0, 0.1) is 0 Å². The number of aromatic nitrogens is 3. The second-order valence-electron chi connectivity index (χ2n) is 8.16. The van der Waals surface area contributed by atoms with Crippen LogP contribution in [0.5, 0.6) is 0 Å². The van der Waals surface area contributed by atoms with Crippen molar-refractivity contribution in [2.75, 3.05) is 37.0 Å². The van der Waals surface area contributed by atoms with Gasteiger partial charge in [0.25, 0.3) is 5.91 Å². The number of anilines is 2. The maximum absolute atomic E-state index is 13.0. The van der Waals surface area contributed by atoms with E-state index in [1.54, 1.807) is 39.9 Å². The fourth-order valence-corrected chi connectivity index (χ4v) is 4.42. The van der Waals surface area contributed by atoms with Crippen LogP contribution in [-0.4, -0.2) is 65.0 Å². The lowest BCUT2D eigenvalue weighted by molar-refractivity contribution is 0.0991. The Morgan fingerprint density at radius 1 is 1.18 bits per heavy atom. The van der Waals surface area contributed by atoms with Gasteiger partial charge >= 0.3 is 6.09 Å². The van der Waals surface area contributed by atoms with Gasteiger partial charge in [0.15, 0.2) is 5.69 Å². The second-order valence-corrected chi connectivity index (χ2v) is 8.60. The van der Waals surface area contributed by atoms with Crippen molar-refractivity contribution in [2.45, 2.75) is 19.0 Å². The predicted octanol–water partition coefficient (Wildman–Crippen LogP) is 3.36. The van der Waals surface area contributed by atoms with Crippen LogP contribution in [0.3, 0.4) is 0 Å². The summed E-state index contributed by atoms with van der Waals surface area (Å²) in [5, 5.41) is 5.13. The van der Waals surface area contributed by atoms with E-state index in [4.69, 9.17) is 16.3 Å². The molecule has 1 unspecified atom stereocenters. The lowest BCUT2D eigenvalue weighted by Gasteiger charge is -2.24. The number of carbonyl (C=O) groups is 2. The zero-order chi connectivity index (χ0) is 23.1. The Balaban J connectivity index is 1.27. The van der Waals surface area contributed by atoms with Gasteiger partial charge in [-0.25, -0.2) is 14.5 Å². The normalized spacial score (nSPS) is 17.4. The van der Waals surface area contributed by atoms with Crippen molar-refractivity contribution in [3.05, 3.63) is 65.1 Å². The lowest BCUT2D eigenvalue weighted by atomic mass is 10.2. The number of hydrogen-bond acceptors (Lipinski definition) is 6. The predicted molar refractivity (Wildman–Crippen MR) is 124 cm³/mol. The van der Waals surface area contributed by atoms with E-state index in [9.17, 15) is 9.59 Å². The Bertz CT molecular complexity index is 1190. The number of pyridine rings is 1. The van der Waals surface area contributed by atoms with Crippen LogP contribution in [0.25, 0.3) is 5.69 Å². The van der Waals surface area contributed by atoms with Gasteiger partial charge in [-0.1, -0.05) is 11.6 Å². The molecule has 2 aliphatic rings. The van der Waals surface area contributed by atoms with Gasteiger partial charge in [0.1, 0.15) is 5.82 Å². The van der Waals surface area contributed by atoms with E-state index in [1.807, 2.05) is 30.5 Å². The number of nitrogens with zero attached hydrogens (tertiary/aromatic N) is 6. The van der Waals surface area contributed by atoms with E-state index in [1.165, 1.54) is 7.11 Å². The van der Waals surface area contributed by atoms with Crippen LogP contribution >= 0.6 is 11.6 Å². The van der Waals surface area contributed by atoms with Crippen LogP contribution in [0.15, 0.2) is 48.8 Å². The molecule has 10 heteroatoms. The monoisotopic (exact) mass is 466 g/mol. The first-order valence-corrected chi connectivity index (χ1v) is 11.0. The molecular weight excluding hydrogens is 444 g/mol. The summed E-state index contributed by atoms with van der Waals surface area (Å²) < 4.78 is 6.51. The topological polar surface area (TPSA) is 83.8 Å². The molecule has 2 aliphatic heterocycles. The number of fused-ring (bicyclic) bond motifs is 1. The molecular formula is C23H23ClN6O3. The van der Waals surface area contributed by atoms with E-state index < -0.39 is 0 Å². The van der Waals surface area contributed by atoms with Gasteiger partial charge in [0.05, 0.1) is 37.3 Å². The van der Waals surface area contributed by atoms with Crippen molar-refractivity contribution in [2.24, 2.45) is 0 Å². The van der Waals surface area contributed by atoms with E-state index in [2.05, 4.69) is 15.0 Å². The van der Waals surface area contributed by atoms with Crippen LogP contribution in [0.4, 0.5) is 16.3 Å². The molecule has 33 heavy (non-hydrogen) atoms. The SMILES string of the molecule is COC(=O)N(C)C1CCN(c2ccc(N3Cc4cn(-c5ccc(Cl)cc5)nc4C3=O)cn2)C1. The first kappa shape index (κ1) is 21.3. The highest BCUT2D eigenvalue weighted by Gasteiger charge is 2.33.